The number of rotatable bonds is 11. The van der Waals surface area contributed by atoms with Gasteiger partial charge in [-0.1, -0.05) is 30.3 Å². The Kier molecular flexibility index (Phi) is 8.03. The third kappa shape index (κ3) is 5.52. The molecule has 0 saturated carbocycles. The number of carbonyl (C=O) groups is 2. The van der Waals surface area contributed by atoms with Crippen molar-refractivity contribution in [1.82, 2.24) is 15.5 Å². The van der Waals surface area contributed by atoms with Crippen molar-refractivity contribution in [1.29, 1.82) is 0 Å². The van der Waals surface area contributed by atoms with Gasteiger partial charge in [-0.05, 0) is 44.3 Å². The van der Waals surface area contributed by atoms with Crippen molar-refractivity contribution in [2.24, 2.45) is 5.73 Å². The van der Waals surface area contributed by atoms with Gasteiger partial charge in [0, 0.05) is 25.6 Å². The Labute approximate surface area is 154 Å². The zero-order chi connectivity index (χ0) is 18.8. The third-order valence-electron chi connectivity index (χ3n) is 4.91. The zero-order valence-electron chi connectivity index (χ0n) is 15.2. The number of carboxylic acid groups (broad SMARTS) is 1. The number of unbranched alkanes of at least 4 members (excludes halogenated alkanes) is 1. The summed E-state index contributed by atoms with van der Waals surface area (Å²) in [6.07, 6.45) is 3.76. The number of benzene rings is 1. The quantitative estimate of drug-likeness (QED) is 0.348. The lowest BCUT2D eigenvalue weighted by atomic mass is 9.97. The number of aldehydes is 1. The minimum Gasteiger partial charge on any atom is -0.465 e. The highest BCUT2D eigenvalue weighted by Gasteiger charge is 2.44. The maximum absolute atomic E-state index is 12.1. The molecular weight excluding hydrogens is 332 g/mol. The van der Waals surface area contributed by atoms with Crippen molar-refractivity contribution in [3.05, 3.63) is 35.9 Å². The number of carbonyl (C=O) groups excluding carboxylic acids is 1. The van der Waals surface area contributed by atoms with Gasteiger partial charge in [-0.3, -0.25) is 15.0 Å². The Morgan fingerprint density at radius 3 is 2.77 bits per heavy atom. The number of hydrogen-bond acceptors (Lipinski definition) is 5. The maximum atomic E-state index is 12.1. The van der Waals surface area contributed by atoms with Crippen LogP contribution in [0.25, 0.3) is 0 Å². The summed E-state index contributed by atoms with van der Waals surface area (Å²) in [5, 5.41) is 15.3. The molecule has 0 spiro atoms. The Morgan fingerprint density at radius 2 is 2.12 bits per heavy atom. The van der Waals surface area contributed by atoms with E-state index in [1.54, 1.807) is 0 Å². The standard InChI is InChI=1S/C19H30N4O3/c20-10-4-5-11-21-14-17-9-6-12-23(17)19(15-24,22-18(25)26)13-16-7-2-1-3-8-16/h1-3,7-8,15,17,21-22H,4-6,9-14,20H2,(H,25,26). The summed E-state index contributed by atoms with van der Waals surface area (Å²) in [7, 11) is 0. The van der Waals surface area contributed by atoms with E-state index in [1.807, 2.05) is 35.2 Å². The van der Waals surface area contributed by atoms with Gasteiger partial charge in [-0.25, -0.2) is 4.79 Å². The summed E-state index contributed by atoms with van der Waals surface area (Å²) < 4.78 is 0. The molecule has 5 N–H and O–H groups in total. The lowest BCUT2D eigenvalue weighted by Crippen LogP contribution is -2.65. The van der Waals surface area contributed by atoms with Crippen LogP contribution in [0.4, 0.5) is 4.79 Å². The molecule has 2 unspecified atom stereocenters. The van der Waals surface area contributed by atoms with Crippen molar-refractivity contribution in [3.8, 4) is 0 Å². The van der Waals surface area contributed by atoms with Gasteiger partial charge in [0.25, 0.3) is 0 Å². The first-order chi connectivity index (χ1) is 12.6. The van der Waals surface area contributed by atoms with Crippen LogP contribution in [-0.4, -0.2) is 60.3 Å². The van der Waals surface area contributed by atoms with Crippen LogP contribution in [0.3, 0.4) is 0 Å². The van der Waals surface area contributed by atoms with Gasteiger partial charge in [0.2, 0.25) is 0 Å². The molecule has 1 heterocycles. The fraction of sp³-hybridized carbons (Fsp3) is 0.579. The lowest BCUT2D eigenvalue weighted by Gasteiger charge is -2.41. The molecule has 144 valence electrons. The molecule has 0 aromatic heterocycles. The van der Waals surface area contributed by atoms with E-state index >= 15 is 0 Å². The Hall–Kier alpha value is -1.96. The third-order valence-corrected chi connectivity index (χ3v) is 4.91. The number of likely N-dealkylation sites (tertiary alicyclic amines) is 1. The van der Waals surface area contributed by atoms with Crippen LogP contribution in [0.15, 0.2) is 30.3 Å². The average Bonchev–Trinajstić information content (AvgIpc) is 3.10. The first-order valence-corrected chi connectivity index (χ1v) is 9.30. The number of nitrogens with one attached hydrogen (secondary N) is 2. The molecule has 1 amide bonds. The van der Waals surface area contributed by atoms with Crippen molar-refractivity contribution in [3.63, 3.8) is 0 Å². The molecule has 26 heavy (non-hydrogen) atoms. The molecule has 1 saturated heterocycles. The summed E-state index contributed by atoms with van der Waals surface area (Å²) in [6, 6.07) is 9.64. The Morgan fingerprint density at radius 1 is 1.35 bits per heavy atom. The summed E-state index contributed by atoms with van der Waals surface area (Å²) in [4.78, 5) is 25.6. The molecule has 0 bridgehead atoms. The van der Waals surface area contributed by atoms with E-state index in [2.05, 4.69) is 10.6 Å². The largest absolute Gasteiger partial charge is 0.465 e. The number of nitrogens with zero attached hydrogens (tertiary/aromatic N) is 1. The normalized spacial score (nSPS) is 19.8. The summed E-state index contributed by atoms with van der Waals surface area (Å²) in [5.41, 5.74) is 5.19. The zero-order valence-corrected chi connectivity index (χ0v) is 15.2. The number of amides is 1. The molecule has 2 atom stereocenters. The van der Waals surface area contributed by atoms with Gasteiger partial charge < -0.3 is 16.2 Å². The predicted octanol–water partition coefficient (Wildman–Crippen LogP) is 1.18. The van der Waals surface area contributed by atoms with E-state index in [0.29, 0.717) is 19.5 Å². The highest BCUT2D eigenvalue weighted by molar-refractivity contribution is 5.75. The number of nitrogens with two attached hydrogens (primary N) is 1. The van der Waals surface area contributed by atoms with E-state index in [9.17, 15) is 14.7 Å². The molecule has 1 aliphatic heterocycles. The predicted molar refractivity (Wildman–Crippen MR) is 101 cm³/mol. The van der Waals surface area contributed by atoms with Gasteiger partial charge in [0.15, 0.2) is 11.9 Å². The highest BCUT2D eigenvalue weighted by Crippen LogP contribution is 2.27. The van der Waals surface area contributed by atoms with Crippen molar-refractivity contribution >= 4 is 12.4 Å². The SMILES string of the molecule is NCCCCNCC1CCCN1C(C=O)(Cc1ccccc1)NC(=O)O. The van der Waals surface area contributed by atoms with E-state index in [0.717, 1.165) is 50.6 Å². The summed E-state index contributed by atoms with van der Waals surface area (Å²) in [5.74, 6) is 0. The second kappa shape index (κ2) is 10.3. The molecule has 0 radical (unpaired) electrons. The van der Waals surface area contributed by atoms with Gasteiger partial charge in [0.1, 0.15) is 0 Å². The van der Waals surface area contributed by atoms with E-state index in [1.165, 1.54) is 0 Å². The highest BCUT2D eigenvalue weighted by atomic mass is 16.4. The van der Waals surface area contributed by atoms with Crippen molar-refractivity contribution in [2.45, 2.75) is 43.8 Å². The second-order valence-electron chi connectivity index (χ2n) is 6.82. The van der Waals surface area contributed by atoms with Crippen LogP contribution in [0, 0.1) is 0 Å². The number of hydrogen-bond donors (Lipinski definition) is 4. The fourth-order valence-electron chi connectivity index (χ4n) is 3.68. The molecule has 7 heteroatoms. The van der Waals surface area contributed by atoms with Gasteiger partial charge in [-0.15, -0.1) is 0 Å². The monoisotopic (exact) mass is 362 g/mol. The van der Waals surface area contributed by atoms with E-state index in [4.69, 9.17) is 5.73 Å². The molecule has 1 fully saturated rings. The van der Waals surface area contributed by atoms with Crippen LogP contribution in [0.2, 0.25) is 0 Å². The summed E-state index contributed by atoms with van der Waals surface area (Å²) in [6.45, 7) is 2.99. The minimum atomic E-state index is -1.24. The molecular formula is C19H30N4O3. The van der Waals surface area contributed by atoms with Crippen molar-refractivity contribution in [2.75, 3.05) is 26.2 Å². The maximum Gasteiger partial charge on any atom is 0.406 e. The fourth-order valence-corrected chi connectivity index (χ4v) is 3.68. The molecule has 0 aliphatic carbocycles. The average molecular weight is 362 g/mol. The summed E-state index contributed by atoms with van der Waals surface area (Å²) >= 11 is 0. The van der Waals surface area contributed by atoms with Gasteiger partial charge in [-0.2, -0.15) is 0 Å². The van der Waals surface area contributed by atoms with Crippen LogP contribution in [0.5, 0.6) is 0 Å². The molecule has 1 aliphatic rings. The first-order valence-electron chi connectivity index (χ1n) is 9.30. The Bertz CT molecular complexity index is 569. The van der Waals surface area contributed by atoms with E-state index < -0.39 is 11.8 Å². The molecule has 1 aromatic rings. The molecule has 7 nitrogen and oxygen atoms in total. The van der Waals surface area contributed by atoms with E-state index in [-0.39, 0.29) is 6.04 Å². The van der Waals surface area contributed by atoms with Crippen molar-refractivity contribution < 1.29 is 14.7 Å². The smallest absolute Gasteiger partial charge is 0.406 e. The molecule has 2 rings (SSSR count). The molecule has 1 aromatic carbocycles. The van der Waals surface area contributed by atoms with Gasteiger partial charge in [0.05, 0.1) is 0 Å². The Balaban J connectivity index is 2.11. The topological polar surface area (TPSA) is 108 Å². The van der Waals surface area contributed by atoms with Crippen LogP contribution in [0.1, 0.15) is 31.2 Å². The van der Waals surface area contributed by atoms with Crippen LogP contribution in [-0.2, 0) is 11.2 Å². The first kappa shape index (κ1) is 20.4. The lowest BCUT2D eigenvalue weighted by molar-refractivity contribution is -0.121. The van der Waals surface area contributed by atoms with Crippen LogP contribution < -0.4 is 16.4 Å². The van der Waals surface area contributed by atoms with Crippen LogP contribution >= 0.6 is 0 Å². The second-order valence-corrected chi connectivity index (χ2v) is 6.82. The minimum absolute atomic E-state index is 0.119. The van der Waals surface area contributed by atoms with Gasteiger partial charge >= 0.3 is 6.09 Å².